The van der Waals surface area contributed by atoms with Crippen LogP contribution in [0.2, 0.25) is 0 Å². The fourth-order valence-corrected chi connectivity index (χ4v) is 3.04. The molecule has 0 bridgehead atoms. The van der Waals surface area contributed by atoms with E-state index < -0.39 is 11.7 Å². The molecule has 0 aromatic heterocycles. The highest BCUT2D eigenvalue weighted by molar-refractivity contribution is 14.0. The van der Waals surface area contributed by atoms with Crippen molar-refractivity contribution < 1.29 is 22.7 Å². The van der Waals surface area contributed by atoms with Gasteiger partial charge in [0.25, 0.3) is 0 Å². The van der Waals surface area contributed by atoms with Gasteiger partial charge in [-0.1, -0.05) is 12.1 Å². The number of guanidine groups is 1. The topological polar surface area (TPSA) is 57.2 Å². The van der Waals surface area contributed by atoms with Crippen molar-refractivity contribution >= 4 is 35.8 Å². The van der Waals surface area contributed by atoms with E-state index in [1.807, 2.05) is 11.8 Å². The standard InChI is InChI=1S/C20H29F3N4O2.HI/c1-4-29-14-16-8-9-27(13-16)19(25-12-18(28)26(2)3)24-11-15-6-5-7-17(10-15)20(21,22)23;/h5-7,10,16H,4,8-9,11-14H2,1-3H3,(H,24,25);1H. The molecule has 0 aliphatic carbocycles. The van der Waals surface area contributed by atoms with E-state index in [2.05, 4.69) is 10.3 Å². The number of nitrogens with one attached hydrogen (secondary N) is 1. The van der Waals surface area contributed by atoms with Crippen molar-refractivity contribution in [2.75, 3.05) is 46.9 Å². The zero-order chi connectivity index (χ0) is 21.4. The van der Waals surface area contributed by atoms with E-state index in [4.69, 9.17) is 4.74 Å². The zero-order valence-corrected chi connectivity index (χ0v) is 19.9. The van der Waals surface area contributed by atoms with Crippen LogP contribution in [0.3, 0.4) is 0 Å². The highest BCUT2D eigenvalue weighted by Crippen LogP contribution is 2.29. The van der Waals surface area contributed by atoms with E-state index in [1.165, 1.54) is 11.0 Å². The molecule has 1 aromatic carbocycles. The lowest BCUT2D eigenvalue weighted by Gasteiger charge is -2.23. The molecule has 1 aromatic rings. The van der Waals surface area contributed by atoms with Crippen molar-refractivity contribution in [1.29, 1.82) is 0 Å². The quantitative estimate of drug-likeness (QED) is 0.327. The van der Waals surface area contributed by atoms with Crippen molar-refractivity contribution in [2.45, 2.75) is 26.1 Å². The molecule has 1 amide bonds. The molecule has 1 saturated heterocycles. The minimum Gasteiger partial charge on any atom is -0.381 e. The van der Waals surface area contributed by atoms with Crippen LogP contribution in [0.25, 0.3) is 0 Å². The maximum atomic E-state index is 12.9. The average Bonchev–Trinajstić information content (AvgIpc) is 3.14. The Hall–Kier alpha value is -1.56. The van der Waals surface area contributed by atoms with E-state index >= 15 is 0 Å². The van der Waals surface area contributed by atoms with Gasteiger partial charge < -0.3 is 19.9 Å². The second-order valence-corrected chi connectivity index (χ2v) is 7.24. The van der Waals surface area contributed by atoms with Crippen molar-refractivity contribution in [1.82, 2.24) is 15.1 Å². The molecule has 10 heteroatoms. The van der Waals surface area contributed by atoms with Crippen LogP contribution in [0.4, 0.5) is 13.2 Å². The second-order valence-electron chi connectivity index (χ2n) is 7.24. The van der Waals surface area contributed by atoms with Crippen LogP contribution in [-0.4, -0.2) is 68.6 Å². The number of benzene rings is 1. The summed E-state index contributed by atoms with van der Waals surface area (Å²) in [6, 6.07) is 5.14. The molecular formula is C20H30F3IN4O2. The summed E-state index contributed by atoms with van der Waals surface area (Å²) in [4.78, 5) is 19.9. The number of rotatable bonds is 7. The third-order valence-electron chi connectivity index (χ3n) is 4.71. The molecule has 1 N–H and O–H groups in total. The number of likely N-dealkylation sites (tertiary alicyclic amines) is 1. The van der Waals surface area contributed by atoms with E-state index in [-0.39, 0.29) is 43.0 Å². The fourth-order valence-electron chi connectivity index (χ4n) is 3.04. The zero-order valence-electron chi connectivity index (χ0n) is 17.5. The third kappa shape index (κ3) is 8.29. The maximum absolute atomic E-state index is 12.9. The summed E-state index contributed by atoms with van der Waals surface area (Å²) in [6.45, 7) is 4.90. The van der Waals surface area contributed by atoms with E-state index in [0.29, 0.717) is 30.7 Å². The van der Waals surface area contributed by atoms with Gasteiger partial charge >= 0.3 is 6.18 Å². The van der Waals surface area contributed by atoms with Gasteiger partial charge in [0.15, 0.2) is 5.96 Å². The number of carbonyl (C=O) groups is 1. The number of amides is 1. The Bertz CT molecular complexity index is 714. The molecule has 1 fully saturated rings. The van der Waals surface area contributed by atoms with Gasteiger partial charge in [-0.3, -0.25) is 4.79 Å². The first-order valence-electron chi connectivity index (χ1n) is 9.68. The molecular weight excluding hydrogens is 512 g/mol. The molecule has 170 valence electrons. The molecule has 6 nitrogen and oxygen atoms in total. The molecule has 0 saturated carbocycles. The van der Waals surface area contributed by atoms with Crippen molar-refractivity contribution in [2.24, 2.45) is 10.9 Å². The number of halogens is 4. The molecule has 1 unspecified atom stereocenters. The summed E-state index contributed by atoms with van der Waals surface area (Å²) in [6.07, 6.45) is -3.45. The number of aliphatic imine (C=N–C) groups is 1. The Labute approximate surface area is 192 Å². The molecule has 1 aliphatic rings. The van der Waals surface area contributed by atoms with Gasteiger partial charge in [-0.2, -0.15) is 13.2 Å². The minimum absolute atomic E-state index is 0. The molecule has 1 heterocycles. The van der Waals surface area contributed by atoms with Gasteiger partial charge in [-0.05, 0) is 31.0 Å². The van der Waals surface area contributed by atoms with Crippen LogP contribution >= 0.6 is 24.0 Å². The number of hydrogen-bond donors (Lipinski definition) is 1. The maximum Gasteiger partial charge on any atom is 0.416 e. The lowest BCUT2D eigenvalue weighted by molar-refractivity contribution is -0.137. The second kappa shape index (κ2) is 12.3. The highest BCUT2D eigenvalue weighted by atomic mass is 127. The number of nitrogens with zero attached hydrogens (tertiary/aromatic N) is 3. The highest BCUT2D eigenvalue weighted by Gasteiger charge is 2.30. The van der Waals surface area contributed by atoms with Crippen molar-refractivity contribution in [3.8, 4) is 0 Å². The molecule has 1 atom stereocenters. The van der Waals surface area contributed by atoms with Crippen LogP contribution in [-0.2, 0) is 22.3 Å². The largest absolute Gasteiger partial charge is 0.416 e. The Balaban J connectivity index is 0.00000450. The summed E-state index contributed by atoms with van der Waals surface area (Å²) >= 11 is 0. The first-order chi connectivity index (χ1) is 13.7. The SMILES string of the molecule is CCOCC1CCN(C(=NCc2cccc(C(F)(F)F)c2)NCC(=O)N(C)C)C1.I. The average molecular weight is 542 g/mol. The smallest absolute Gasteiger partial charge is 0.381 e. The Morgan fingerprint density at radius 1 is 1.37 bits per heavy atom. The summed E-state index contributed by atoms with van der Waals surface area (Å²) in [5.74, 6) is 0.776. The first kappa shape index (κ1) is 26.5. The molecule has 1 aliphatic heterocycles. The number of carbonyl (C=O) groups excluding carboxylic acids is 1. The van der Waals surface area contributed by atoms with Gasteiger partial charge in [0.2, 0.25) is 5.91 Å². The van der Waals surface area contributed by atoms with Crippen LogP contribution in [0, 0.1) is 5.92 Å². The van der Waals surface area contributed by atoms with Gasteiger partial charge in [-0.25, -0.2) is 4.99 Å². The van der Waals surface area contributed by atoms with Crippen LogP contribution in [0.1, 0.15) is 24.5 Å². The van der Waals surface area contributed by atoms with Crippen LogP contribution < -0.4 is 5.32 Å². The lowest BCUT2D eigenvalue weighted by Crippen LogP contribution is -2.44. The Morgan fingerprint density at radius 3 is 2.73 bits per heavy atom. The van der Waals surface area contributed by atoms with Crippen LogP contribution in [0.5, 0.6) is 0 Å². The number of alkyl halides is 3. The number of hydrogen-bond acceptors (Lipinski definition) is 3. The first-order valence-corrected chi connectivity index (χ1v) is 9.68. The van der Waals surface area contributed by atoms with Gasteiger partial charge in [-0.15, -0.1) is 24.0 Å². The third-order valence-corrected chi connectivity index (χ3v) is 4.71. The number of likely N-dealkylation sites (N-methyl/N-ethyl adjacent to an activating group) is 1. The summed E-state index contributed by atoms with van der Waals surface area (Å²) in [7, 11) is 3.33. The number of ether oxygens (including phenoxy) is 1. The normalized spacial score (nSPS) is 16.9. The van der Waals surface area contributed by atoms with E-state index in [9.17, 15) is 18.0 Å². The van der Waals surface area contributed by atoms with Crippen molar-refractivity contribution in [3.05, 3.63) is 35.4 Å². The van der Waals surface area contributed by atoms with E-state index in [1.54, 1.807) is 20.2 Å². The monoisotopic (exact) mass is 542 g/mol. The minimum atomic E-state index is -4.39. The van der Waals surface area contributed by atoms with Crippen molar-refractivity contribution in [3.63, 3.8) is 0 Å². The Kier molecular flexibility index (Phi) is 10.9. The lowest BCUT2D eigenvalue weighted by atomic mass is 10.1. The summed E-state index contributed by atoms with van der Waals surface area (Å²) < 4.78 is 44.3. The fraction of sp³-hybridized carbons (Fsp3) is 0.600. The molecule has 0 spiro atoms. The predicted octanol–water partition coefficient (Wildman–Crippen LogP) is 3.22. The molecule has 0 radical (unpaired) electrons. The predicted molar refractivity (Wildman–Crippen MR) is 121 cm³/mol. The van der Waals surface area contributed by atoms with E-state index in [0.717, 1.165) is 31.6 Å². The van der Waals surface area contributed by atoms with Gasteiger partial charge in [0.1, 0.15) is 0 Å². The van der Waals surface area contributed by atoms with Crippen LogP contribution in [0.15, 0.2) is 29.3 Å². The Morgan fingerprint density at radius 2 is 2.10 bits per heavy atom. The van der Waals surface area contributed by atoms with Gasteiger partial charge in [0, 0.05) is 39.7 Å². The summed E-state index contributed by atoms with van der Waals surface area (Å²) in [5, 5.41) is 3.06. The van der Waals surface area contributed by atoms with Gasteiger partial charge in [0.05, 0.1) is 25.3 Å². The summed E-state index contributed by atoms with van der Waals surface area (Å²) in [5.41, 5.74) is -0.233. The molecule has 30 heavy (non-hydrogen) atoms. The molecule has 2 rings (SSSR count).